The van der Waals surface area contributed by atoms with Crippen molar-refractivity contribution in [2.24, 2.45) is 0 Å². The van der Waals surface area contributed by atoms with E-state index in [1.54, 1.807) is 28.1 Å². The van der Waals surface area contributed by atoms with Crippen LogP contribution >= 0.6 is 11.6 Å². The second-order valence-electron chi connectivity index (χ2n) is 11.3. The van der Waals surface area contributed by atoms with Gasteiger partial charge in [-0.2, -0.15) is 9.97 Å². The molecule has 2 atom stereocenters. The lowest BCUT2D eigenvalue weighted by atomic mass is 10.0. The Morgan fingerprint density at radius 3 is 2.50 bits per heavy atom. The van der Waals surface area contributed by atoms with Crippen LogP contribution in [-0.4, -0.2) is 90.3 Å². The number of carbonyl (C=O) groups is 1. The summed E-state index contributed by atoms with van der Waals surface area (Å²) < 4.78 is 33.3. The van der Waals surface area contributed by atoms with E-state index in [1.807, 2.05) is 38.4 Å². The Balaban J connectivity index is 0.000000182. The van der Waals surface area contributed by atoms with Crippen LogP contribution in [0.1, 0.15) is 25.7 Å². The Labute approximate surface area is 261 Å². The molecular weight excluding hydrogens is 586 g/mol. The molecule has 44 heavy (non-hydrogen) atoms. The second kappa shape index (κ2) is 13.8. The largest absolute Gasteiger partial charge is 0.467 e. The maximum Gasteiger partial charge on any atom is 0.318 e. The number of hydrogen-bond donors (Lipinski definition) is 0. The quantitative estimate of drug-likeness (QED) is 0.247. The summed E-state index contributed by atoms with van der Waals surface area (Å²) in [7, 11) is 5.08. The zero-order valence-electron chi connectivity index (χ0n) is 25.3. The van der Waals surface area contributed by atoms with Gasteiger partial charge < -0.3 is 14.5 Å². The Bertz CT molecular complexity index is 1650. The molecule has 1 amide bonds. The first-order valence-corrected chi connectivity index (χ1v) is 15.1. The topological polar surface area (TPSA) is 74.7 Å². The number of hydrogen-bond acceptors (Lipinski definition) is 7. The third-order valence-corrected chi connectivity index (χ3v) is 8.48. The molecule has 2 unspecified atom stereocenters. The van der Waals surface area contributed by atoms with Crippen LogP contribution in [0.25, 0.3) is 32.9 Å². The number of methoxy groups -OCH3 is 1. The molecule has 0 spiro atoms. The zero-order valence-corrected chi connectivity index (χ0v) is 26.0. The van der Waals surface area contributed by atoms with Crippen LogP contribution in [0.5, 0.6) is 6.01 Å². The third-order valence-electron chi connectivity index (χ3n) is 8.16. The fourth-order valence-electron chi connectivity index (χ4n) is 5.83. The standard InChI is InChI=1S/C20H16ClFN4O.C7H12FN.C6H9NO/c1-26(2)19-13-10-23-17(16(22)18(13)24-20(25-19)27-3)12-8-4-6-11-7-5-9-14(21)15(11)12;8-6-4-7-2-1-3-9(7)5-6;1-2-6(8)7-4-3-5-7/h4-10H,1-3H3;6-7H,1-5H2;2H,1,3-5H2. The summed E-state index contributed by atoms with van der Waals surface area (Å²) in [5.74, 6) is 0.0609. The highest BCUT2D eigenvalue weighted by Crippen LogP contribution is 2.37. The van der Waals surface area contributed by atoms with Crippen LogP contribution in [0.4, 0.5) is 14.6 Å². The zero-order chi connectivity index (χ0) is 31.4. The Hall–Kier alpha value is -3.89. The van der Waals surface area contributed by atoms with Gasteiger partial charge in [-0.1, -0.05) is 48.5 Å². The molecule has 0 radical (unpaired) electrons. The third kappa shape index (κ3) is 6.61. The lowest BCUT2D eigenvalue weighted by Crippen LogP contribution is -2.40. The maximum atomic E-state index is 15.5. The van der Waals surface area contributed by atoms with E-state index in [4.69, 9.17) is 16.3 Å². The number of aromatic nitrogens is 3. The smallest absolute Gasteiger partial charge is 0.318 e. The number of anilines is 1. The molecule has 0 saturated carbocycles. The highest BCUT2D eigenvalue weighted by Gasteiger charge is 2.34. The minimum absolute atomic E-state index is 0.0660. The predicted octanol–water partition coefficient (Wildman–Crippen LogP) is 6.31. The number of benzene rings is 2. The highest BCUT2D eigenvalue weighted by atomic mass is 35.5. The van der Waals surface area contributed by atoms with Crippen LogP contribution in [0.3, 0.4) is 0 Å². The van der Waals surface area contributed by atoms with Gasteiger partial charge in [-0.15, -0.1) is 0 Å². The fourth-order valence-corrected chi connectivity index (χ4v) is 6.11. The first-order chi connectivity index (χ1) is 21.2. The molecule has 3 aliphatic rings. The molecule has 3 fully saturated rings. The van der Waals surface area contributed by atoms with Gasteiger partial charge in [-0.25, -0.2) is 8.78 Å². The van der Waals surface area contributed by atoms with E-state index in [0.717, 1.165) is 43.2 Å². The number of alkyl halides is 1. The van der Waals surface area contributed by atoms with Gasteiger partial charge in [0.05, 0.1) is 12.5 Å². The van der Waals surface area contributed by atoms with E-state index < -0.39 is 12.0 Å². The average Bonchev–Trinajstić information content (AvgIpc) is 3.57. The van der Waals surface area contributed by atoms with Gasteiger partial charge in [-0.05, 0) is 49.8 Å². The molecule has 0 bridgehead atoms. The average molecular weight is 623 g/mol. The van der Waals surface area contributed by atoms with Gasteiger partial charge in [-0.3, -0.25) is 14.7 Å². The predicted molar refractivity (Wildman–Crippen MR) is 172 cm³/mol. The highest BCUT2D eigenvalue weighted by molar-refractivity contribution is 6.36. The minimum Gasteiger partial charge on any atom is -0.467 e. The van der Waals surface area contributed by atoms with Crippen molar-refractivity contribution < 1.29 is 18.3 Å². The number of fused-ring (bicyclic) bond motifs is 3. The summed E-state index contributed by atoms with van der Waals surface area (Å²) in [5.41, 5.74) is 0.952. The number of pyridine rings is 1. The number of rotatable bonds is 4. The Morgan fingerprint density at radius 1 is 1.14 bits per heavy atom. The van der Waals surface area contributed by atoms with E-state index in [2.05, 4.69) is 26.4 Å². The van der Waals surface area contributed by atoms with Crippen LogP contribution < -0.4 is 9.64 Å². The van der Waals surface area contributed by atoms with E-state index in [1.165, 1.54) is 26.0 Å². The van der Waals surface area contributed by atoms with Gasteiger partial charge in [0.1, 0.15) is 23.2 Å². The molecule has 4 aromatic rings. The van der Waals surface area contributed by atoms with Crippen LogP contribution in [0, 0.1) is 5.82 Å². The van der Waals surface area contributed by atoms with Crippen molar-refractivity contribution in [3.63, 3.8) is 0 Å². The molecule has 3 saturated heterocycles. The number of likely N-dealkylation sites (tertiary alicyclic amines) is 1. The number of nitrogens with zero attached hydrogens (tertiary/aromatic N) is 6. The summed E-state index contributed by atoms with van der Waals surface area (Å²) in [5, 5.41) is 2.71. The molecule has 2 aromatic carbocycles. The number of halogens is 3. The lowest BCUT2D eigenvalue weighted by Gasteiger charge is -2.29. The van der Waals surface area contributed by atoms with Crippen molar-refractivity contribution in [3.05, 3.63) is 66.1 Å². The lowest BCUT2D eigenvalue weighted by molar-refractivity contribution is -0.129. The molecule has 0 aliphatic carbocycles. The molecule has 7 rings (SSSR count). The van der Waals surface area contributed by atoms with E-state index in [-0.39, 0.29) is 23.1 Å². The van der Waals surface area contributed by atoms with E-state index >= 15 is 4.39 Å². The summed E-state index contributed by atoms with van der Waals surface area (Å²) >= 11 is 6.39. The van der Waals surface area contributed by atoms with Gasteiger partial charge in [0.15, 0.2) is 5.82 Å². The monoisotopic (exact) mass is 622 g/mol. The second-order valence-corrected chi connectivity index (χ2v) is 11.7. The summed E-state index contributed by atoms with van der Waals surface area (Å²) in [6, 6.07) is 11.9. The minimum atomic E-state index is -0.538. The van der Waals surface area contributed by atoms with E-state index in [0.29, 0.717) is 34.4 Å². The van der Waals surface area contributed by atoms with Crippen molar-refractivity contribution in [1.29, 1.82) is 0 Å². The van der Waals surface area contributed by atoms with Gasteiger partial charge >= 0.3 is 6.01 Å². The van der Waals surface area contributed by atoms with Crippen molar-refractivity contribution in [1.82, 2.24) is 24.8 Å². The van der Waals surface area contributed by atoms with Gasteiger partial charge in [0, 0.05) is 61.9 Å². The molecule has 0 N–H and O–H groups in total. The summed E-state index contributed by atoms with van der Waals surface area (Å²) in [6.45, 7) is 7.07. The fraction of sp³-hybridized carbons (Fsp3) is 0.394. The number of ether oxygens (including phenoxy) is 1. The van der Waals surface area contributed by atoms with E-state index in [9.17, 15) is 9.18 Å². The summed E-state index contributed by atoms with van der Waals surface area (Å²) in [6.07, 6.45) is 6.91. The molecule has 2 aromatic heterocycles. The van der Waals surface area contributed by atoms with Gasteiger partial charge in [0.2, 0.25) is 5.91 Å². The molecule has 5 heterocycles. The molecule has 8 nitrogen and oxygen atoms in total. The number of carbonyl (C=O) groups excluding carboxylic acids is 1. The van der Waals surface area contributed by atoms with Crippen LogP contribution in [0.2, 0.25) is 5.02 Å². The first-order valence-electron chi connectivity index (χ1n) is 14.8. The van der Waals surface area contributed by atoms with Crippen LogP contribution in [-0.2, 0) is 4.79 Å². The SMILES string of the molecule is C=CC(=O)N1CCC1.COc1nc(N(C)C)c2cnc(-c3cccc4cccc(Cl)c34)c(F)c2n1.FC1CC2CCCN2C1. The normalized spacial score (nSPS) is 18.9. The van der Waals surface area contributed by atoms with Crippen molar-refractivity contribution in [3.8, 4) is 17.3 Å². The number of amides is 1. The molecule has 11 heteroatoms. The summed E-state index contributed by atoms with van der Waals surface area (Å²) in [4.78, 5) is 29.3. The van der Waals surface area contributed by atoms with Crippen molar-refractivity contribution in [2.45, 2.75) is 37.9 Å². The van der Waals surface area contributed by atoms with Crippen molar-refractivity contribution >= 4 is 45.0 Å². The maximum absolute atomic E-state index is 15.5. The van der Waals surface area contributed by atoms with Crippen LogP contribution in [0.15, 0.2) is 55.3 Å². The van der Waals surface area contributed by atoms with Gasteiger partial charge in [0.25, 0.3) is 0 Å². The van der Waals surface area contributed by atoms with Crippen molar-refractivity contribution in [2.75, 3.05) is 52.3 Å². The molecule has 3 aliphatic heterocycles. The molecule has 232 valence electrons. The Kier molecular flexibility index (Phi) is 9.90. The first kappa shape index (κ1) is 31.5. The Morgan fingerprint density at radius 2 is 1.89 bits per heavy atom. The molecular formula is C33H37ClF2N6O2.